The van der Waals surface area contributed by atoms with E-state index in [9.17, 15) is 0 Å². The van der Waals surface area contributed by atoms with E-state index in [1.165, 1.54) is 48.0 Å². The lowest BCUT2D eigenvalue weighted by Crippen LogP contribution is -2.34. The summed E-state index contributed by atoms with van der Waals surface area (Å²) in [5.41, 5.74) is 5.74. The number of benzene rings is 1. The van der Waals surface area contributed by atoms with Gasteiger partial charge in [0.15, 0.2) is 0 Å². The summed E-state index contributed by atoms with van der Waals surface area (Å²) in [4.78, 5) is 6.29. The maximum atomic E-state index is 3.63. The smallest absolute Gasteiger partial charge is 0.0459 e. The first-order valence-corrected chi connectivity index (χ1v) is 6.65. The third-order valence-corrected chi connectivity index (χ3v) is 4.45. The summed E-state index contributed by atoms with van der Waals surface area (Å²) >= 11 is 0. The zero-order valence-electron chi connectivity index (χ0n) is 10.3. The number of H-pyrrole nitrogens is 1. The average Bonchev–Trinajstić information content (AvgIpc) is 2.89. The van der Waals surface area contributed by atoms with Crippen LogP contribution in [0.1, 0.15) is 29.7 Å². The van der Waals surface area contributed by atoms with Crippen molar-refractivity contribution in [2.24, 2.45) is 0 Å². The Kier molecular flexibility index (Phi) is 1.92. The summed E-state index contributed by atoms with van der Waals surface area (Å²) in [7, 11) is 0. The van der Waals surface area contributed by atoms with E-state index in [1.54, 1.807) is 5.56 Å². The molecular formula is C15H18N2. The molecule has 0 bridgehead atoms. The number of hydrogen-bond donors (Lipinski definition) is 1. The van der Waals surface area contributed by atoms with Gasteiger partial charge in [-0.05, 0) is 44.0 Å². The van der Waals surface area contributed by atoms with E-state index in [0.717, 1.165) is 12.6 Å². The van der Waals surface area contributed by atoms with Gasteiger partial charge in [-0.15, -0.1) is 0 Å². The summed E-state index contributed by atoms with van der Waals surface area (Å²) in [6, 6.07) is 7.57. The van der Waals surface area contributed by atoms with Gasteiger partial charge in [-0.25, -0.2) is 0 Å². The normalized spacial score (nSPS) is 23.9. The highest BCUT2D eigenvalue weighted by Crippen LogP contribution is 2.34. The number of nitrogens with zero attached hydrogens (tertiary/aromatic N) is 1. The minimum absolute atomic E-state index is 0.802. The van der Waals surface area contributed by atoms with E-state index in [2.05, 4.69) is 35.0 Å². The Morgan fingerprint density at radius 1 is 1.35 bits per heavy atom. The van der Waals surface area contributed by atoms with Gasteiger partial charge >= 0.3 is 0 Å². The molecular weight excluding hydrogens is 208 g/mol. The van der Waals surface area contributed by atoms with Crippen LogP contribution >= 0.6 is 0 Å². The van der Waals surface area contributed by atoms with Crippen LogP contribution < -0.4 is 0 Å². The molecule has 3 heterocycles. The Morgan fingerprint density at radius 3 is 3.24 bits per heavy atom. The number of nitrogens with one attached hydrogen (secondary N) is 1. The van der Waals surface area contributed by atoms with Gasteiger partial charge < -0.3 is 4.98 Å². The number of aromatic nitrogens is 1. The highest BCUT2D eigenvalue weighted by Gasteiger charge is 2.31. The third kappa shape index (κ3) is 1.37. The number of aryl methyl sites for hydroxylation is 1. The van der Waals surface area contributed by atoms with E-state index in [1.807, 2.05) is 0 Å². The van der Waals surface area contributed by atoms with Gasteiger partial charge in [0.05, 0.1) is 0 Å². The molecule has 88 valence electrons. The van der Waals surface area contributed by atoms with Gasteiger partial charge in [0.25, 0.3) is 0 Å². The maximum absolute atomic E-state index is 3.63. The fourth-order valence-corrected chi connectivity index (χ4v) is 3.55. The van der Waals surface area contributed by atoms with E-state index in [0.29, 0.717) is 0 Å². The van der Waals surface area contributed by atoms with Crippen LogP contribution in [0.3, 0.4) is 0 Å². The van der Waals surface area contributed by atoms with Crippen LogP contribution in [0.4, 0.5) is 0 Å². The fraction of sp³-hybridized carbons (Fsp3) is 0.467. The summed E-state index contributed by atoms with van der Waals surface area (Å²) in [6.07, 6.45) is 3.99. The maximum Gasteiger partial charge on any atom is 0.0459 e. The molecule has 2 aliphatic rings. The number of fused-ring (bicyclic) bond motifs is 4. The molecule has 0 radical (unpaired) electrons. The first-order chi connectivity index (χ1) is 8.31. The number of hydrogen-bond acceptors (Lipinski definition) is 1. The van der Waals surface area contributed by atoms with Crippen LogP contribution in [0.5, 0.6) is 0 Å². The molecule has 1 N–H and O–H groups in total. The molecule has 1 fully saturated rings. The molecule has 0 amide bonds. The first kappa shape index (κ1) is 9.72. The predicted molar refractivity (Wildman–Crippen MR) is 70.2 cm³/mol. The third-order valence-electron chi connectivity index (χ3n) is 4.45. The fourth-order valence-electron chi connectivity index (χ4n) is 3.55. The highest BCUT2D eigenvalue weighted by atomic mass is 15.2. The van der Waals surface area contributed by atoms with Crippen molar-refractivity contribution in [2.75, 3.05) is 6.54 Å². The topological polar surface area (TPSA) is 19.0 Å². The first-order valence-electron chi connectivity index (χ1n) is 6.65. The van der Waals surface area contributed by atoms with Crippen molar-refractivity contribution in [1.82, 2.24) is 9.88 Å². The Hall–Kier alpha value is -1.28. The van der Waals surface area contributed by atoms with E-state index >= 15 is 0 Å². The molecule has 2 aliphatic heterocycles. The molecule has 2 nitrogen and oxygen atoms in total. The molecule has 4 rings (SSSR count). The molecule has 1 atom stereocenters. The zero-order valence-corrected chi connectivity index (χ0v) is 10.3. The van der Waals surface area contributed by atoms with Gasteiger partial charge in [0.2, 0.25) is 0 Å². The Morgan fingerprint density at radius 2 is 2.29 bits per heavy atom. The van der Waals surface area contributed by atoms with Gasteiger partial charge in [0, 0.05) is 35.6 Å². The highest BCUT2D eigenvalue weighted by molar-refractivity contribution is 5.85. The van der Waals surface area contributed by atoms with E-state index in [4.69, 9.17) is 0 Å². The standard InChI is InChI=1S/C15H18N2/c1-10-4-5-14-12(7-10)13-9-17-6-2-3-11(17)8-15(13)16-14/h4-5,7,11,16H,2-3,6,8-9H2,1H3. The van der Waals surface area contributed by atoms with Crippen molar-refractivity contribution in [3.05, 3.63) is 35.0 Å². The summed E-state index contributed by atoms with van der Waals surface area (Å²) in [5, 5.41) is 1.45. The number of rotatable bonds is 0. The molecule has 1 aromatic heterocycles. The lowest BCUT2D eigenvalue weighted by Gasteiger charge is -2.29. The SMILES string of the molecule is Cc1ccc2[nH]c3c(c2c1)CN1CCCC1C3. The van der Waals surface area contributed by atoms with Crippen LogP contribution in [0.15, 0.2) is 18.2 Å². The average molecular weight is 226 g/mol. The van der Waals surface area contributed by atoms with E-state index in [-0.39, 0.29) is 0 Å². The Bertz CT molecular complexity index is 582. The molecule has 1 saturated heterocycles. The lowest BCUT2D eigenvalue weighted by atomic mass is 9.98. The molecule has 0 spiro atoms. The van der Waals surface area contributed by atoms with Gasteiger partial charge in [-0.3, -0.25) is 4.90 Å². The Balaban J connectivity index is 1.89. The summed E-state index contributed by atoms with van der Waals surface area (Å²) in [5.74, 6) is 0. The zero-order chi connectivity index (χ0) is 11.4. The van der Waals surface area contributed by atoms with Crippen LogP contribution in [0.2, 0.25) is 0 Å². The van der Waals surface area contributed by atoms with Crippen molar-refractivity contribution in [2.45, 2.75) is 38.8 Å². The van der Waals surface area contributed by atoms with Crippen molar-refractivity contribution in [1.29, 1.82) is 0 Å². The second kappa shape index (κ2) is 3.36. The molecule has 0 aliphatic carbocycles. The van der Waals surface area contributed by atoms with E-state index < -0.39 is 0 Å². The van der Waals surface area contributed by atoms with Gasteiger partial charge in [0.1, 0.15) is 0 Å². The van der Waals surface area contributed by atoms with Gasteiger partial charge in [-0.1, -0.05) is 11.6 Å². The lowest BCUT2D eigenvalue weighted by molar-refractivity contribution is 0.227. The van der Waals surface area contributed by atoms with Crippen molar-refractivity contribution in [3.63, 3.8) is 0 Å². The molecule has 1 unspecified atom stereocenters. The number of aromatic amines is 1. The van der Waals surface area contributed by atoms with Crippen LogP contribution in [0.25, 0.3) is 10.9 Å². The second-order valence-corrected chi connectivity index (χ2v) is 5.60. The van der Waals surface area contributed by atoms with Crippen molar-refractivity contribution in [3.8, 4) is 0 Å². The van der Waals surface area contributed by atoms with Crippen LogP contribution in [-0.2, 0) is 13.0 Å². The quantitative estimate of drug-likeness (QED) is 0.731. The molecule has 1 aromatic carbocycles. The predicted octanol–water partition coefficient (Wildman–Crippen LogP) is 3.00. The Labute approximate surface area is 102 Å². The van der Waals surface area contributed by atoms with Crippen molar-refractivity contribution < 1.29 is 0 Å². The molecule has 0 saturated carbocycles. The molecule has 2 heteroatoms. The minimum atomic E-state index is 0.802. The van der Waals surface area contributed by atoms with Gasteiger partial charge in [-0.2, -0.15) is 0 Å². The van der Waals surface area contributed by atoms with Crippen molar-refractivity contribution >= 4 is 10.9 Å². The minimum Gasteiger partial charge on any atom is -0.358 e. The summed E-state index contributed by atoms with van der Waals surface area (Å²) < 4.78 is 0. The molecule has 17 heavy (non-hydrogen) atoms. The second-order valence-electron chi connectivity index (χ2n) is 5.60. The largest absolute Gasteiger partial charge is 0.358 e. The summed E-state index contributed by atoms with van der Waals surface area (Å²) in [6.45, 7) is 4.63. The van der Waals surface area contributed by atoms with Crippen LogP contribution in [-0.4, -0.2) is 22.5 Å². The molecule has 2 aromatic rings. The van der Waals surface area contributed by atoms with Crippen LogP contribution in [0, 0.1) is 6.92 Å². The monoisotopic (exact) mass is 226 g/mol.